The number of carbonyl (C=O) groups is 1. The summed E-state index contributed by atoms with van der Waals surface area (Å²) in [5.74, 6) is 0.501. The number of anilines is 1. The van der Waals surface area contributed by atoms with Gasteiger partial charge in [-0.15, -0.1) is 0 Å². The van der Waals surface area contributed by atoms with Crippen LogP contribution in [0.15, 0.2) is 0 Å². The summed E-state index contributed by atoms with van der Waals surface area (Å²) in [6.45, 7) is 1.14. The van der Waals surface area contributed by atoms with Crippen molar-refractivity contribution in [2.24, 2.45) is 7.05 Å². The van der Waals surface area contributed by atoms with Crippen molar-refractivity contribution < 1.29 is 9.53 Å². The summed E-state index contributed by atoms with van der Waals surface area (Å²) in [5.41, 5.74) is 7.80. The van der Waals surface area contributed by atoms with E-state index in [1.807, 2.05) is 7.05 Å². The van der Waals surface area contributed by atoms with Gasteiger partial charge < -0.3 is 15.4 Å². The van der Waals surface area contributed by atoms with Gasteiger partial charge >= 0.3 is 6.09 Å². The van der Waals surface area contributed by atoms with E-state index in [9.17, 15) is 4.79 Å². The van der Waals surface area contributed by atoms with Crippen LogP contribution in [0.5, 0.6) is 0 Å². The fourth-order valence-corrected chi connectivity index (χ4v) is 1.91. The van der Waals surface area contributed by atoms with E-state index in [0.29, 0.717) is 18.9 Å². The van der Waals surface area contributed by atoms with Gasteiger partial charge in [0.25, 0.3) is 0 Å². The molecule has 1 aromatic heterocycles. The van der Waals surface area contributed by atoms with Crippen molar-refractivity contribution in [2.45, 2.75) is 13.0 Å². The summed E-state index contributed by atoms with van der Waals surface area (Å²) >= 11 is 0. The first-order valence-electron chi connectivity index (χ1n) is 4.76. The third-order valence-corrected chi connectivity index (χ3v) is 2.71. The summed E-state index contributed by atoms with van der Waals surface area (Å²) < 4.78 is 6.45. The second kappa shape index (κ2) is 3.45. The monoisotopic (exact) mass is 210 g/mol. The van der Waals surface area contributed by atoms with Gasteiger partial charge in [0.05, 0.1) is 13.7 Å². The lowest BCUT2D eigenvalue weighted by Crippen LogP contribution is -2.36. The average Bonchev–Trinajstić information content (AvgIpc) is 2.53. The molecule has 6 heteroatoms. The molecule has 0 radical (unpaired) electrons. The van der Waals surface area contributed by atoms with Crippen molar-refractivity contribution in [3.8, 4) is 0 Å². The highest BCUT2D eigenvalue weighted by molar-refractivity contribution is 5.68. The molecule has 0 fully saturated rings. The number of aryl methyl sites for hydroxylation is 1. The van der Waals surface area contributed by atoms with E-state index < -0.39 is 0 Å². The average molecular weight is 210 g/mol. The Morgan fingerprint density at radius 1 is 1.60 bits per heavy atom. The minimum atomic E-state index is -0.316. The zero-order chi connectivity index (χ0) is 11.0. The van der Waals surface area contributed by atoms with Gasteiger partial charge in [-0.1, -0.05) is 0 Å². The molecule has 0 aromatic carbocycles. The molecule has 0 saturated heterocycles. The van der Waals surface area contributed by atoms with E-state index in [1.54, 1.807) is 9.58 Å². The molecule has 1 aromatic rings. The summed E-state index contributed by atoms with van der Waals surface area (Å²) in [6, 6.07) is 0. The molecule has 2 N–H and O–H groups in total. The molecule has 82 valence electrons. The van der Waals surface area contributed by atoms with Gasteiger partial charge in [-0.3, -0.25) is 4.68 Å². The summed E-state index contributed by atoms with van der Waals surface area (Å²) in [6.07, 6.45) is 0.453. The Hall–Kier alpha value is -1.72. The Morgan fingerprint density at radius 2 is 2.33 bits per heavy atom. The number of methoxy groups -OCH3 is 1. The molecule has 0 bridgehead atoms. The van der Waals surface area contributed by atoms with Gasteiger partial charge in [0, 0.05) is 31.3 Å². The van der Waals surface area contributed by atoms with Gasteiger partial charge in [-0.2, -0.15) is 5.10 Å². The van der Waals surface area contributed by atoms with Crippen LogP contribution in [0.1, 0.15) is 11.3 Å². The normalized spacial score (nSPS) is 14.9. The summed E-state index contributed by atoms with van der Waals surface area (Å²) in [5, 5.41) is 4.13. The minimum absolute atomic E-state index is 0.316. The second-order valence-corrected chi connectivity index (χ2v) is 3.58. The standard InChI is InChI=1S/C9H14N4O2/c1-12-7-3-4-13(9(14)15-2)5-6(7)8(10)11-12/h3-5H2,1-2H3,(H2,10,11). The van der Waals surface area contributed by atoms with Gasteiger partial charge in [0.15, 0.2) is 5.82 Å². The molecule has 2 rings (SSSR count). The summed E-state index contributed by atoms with van der Waals surface area (Å²) in [4.78, 5) is 13.0. The first-order valence-corrected chi connectivity index (χ1v) is 4.76. The first kappa shape index (κ1) is 9.82. The zero-order valence-corrected chi connectivity index (χ0v) is 8.86. The maximum absolute atomic E-state index is 11.3. The lowest BCUT2D eigenvalue weighted by Gasteiger charge is -2.25. The number of ether oxygens (including phenoxy) is 1. The lowest BCUT2D eigenvalue weighted by molar-refractivity contribution is 0.118. The molecule has 0 atom stereocenters. The van der Waals surface area contributed by atoms with E-state index in [-0.39, 0.29) is 6.09 Å². The van der Waals surface area contributed by atoms with E-state index >= 15 is 0 Å². The smallest absolute Gasteiger partial charge is 0.409 e. The molecular formula is C9H14N4O2. The largest absolute Gasteiger partial charge is 0.453 e. The van der Waals surface area contributed by atoms with Crippen molar-refractivity contribution in [3.05, 3.63) is 11.3 Å². The topological polar surface area (TPSA) is 73.4 Å². The number of fused-ring (bicyclic) bond motifs is 1. The van der Waals surface area contributed by atoms with Crippen LogP contribution in [0.2, 0.25) is 0 Å². The Labute approximate surface area is 87.6 Å². The van der Waals surface area contributed by atoms with Gasteiger partial charge in [0.1, 0.15) is 0 Å². The van der Waals surface area contributed by atoms with Crippen molar-refractivity contribution in [2.75, 3.05) is 19.4 Å². The maximum atomic E-state index is 11.3. The highest BCUT2D eigenvalue weighted by atomic mass is 16.5. The molecular weight excluding hydrogens is 196 g/mol. The highest BCUT2D eigenvalue weighted by Gasteiger charge is 2.25. The van der Waals surface area contributed by atoms with Crippen molar-refractivity contribution >= 4 is 11.9 Å². The number of nitrogen functional groups attached to an aromatic ring is 1. The minimum Gasteiger partial charge on any atom is -0.453 e. The number of hydrogen-bond donors (Lipinski definition) is 1. The molecule has 0 saturated carbocycles. The first-order chi connectivity index (χ1) is 7.13. The number of hydrogen-bond acceptors (Lipinski definition) is 4. The Balaban J connectivity index is 2.26. The van der Waals surface area contributed by atoms with Crippen molar-refractivity contribution in [1.82, 2.24) is 14.7 Å². The molecule has 1 aliphatic heterocycles. The van der Waals surface area contributed by atoms with E-state index in [4.69, 9.17) is 5.73 Å². The number of amides is 1. The van der Waals surface area contributed by atoms with E-state index in [0.717, 1.165) is 17.7 Å². The van der Waals surface area contributed by atoms with E-state index in [2.05, 4.69) is 9.84 Å². The summed E-state index contributed by atoms with van der Waals surface area (Å²) in [7, 11) is 3.24. The molecule has 15 heavy (non-hydrogen) atoms. The van der Waals surface area contributed by atoms with Crippen LogP contribution in [0.4, 0.5) is 10.6 Å². The number of rotatable bonds is 0. The predicted octanol–water partition coefficient (Wildman–Crippen LogP) is 0.127. The number of nitrogens with zero attached hydrogens (tertiary/aromatic N) is 3. The molecule has 2 heterocycles. The van der Waals surface area contributed by atoms with E-state index in [1.165, 1.54) is 7.11 Å². The quantitative estimate of drug-likeness (QED) is 0.660. The maximum Gasteiger partial charge on any atom is 0.409 e. The second-order valence-electron chi connectivity index (χ2n) is 3.58. The predicted molar refractivity (Wildman–Crippen MR) is 54.1 cm³/mol. The third kappa shape index (κ3) is 1.51. The van der Waals surface area contributed by atoms with Gasteiger partial charge in [-0.05, 0) is 0 Å². The molecule has 1 amide bonds. The Morgan fingerprint density at radius 3 is 3.00 bits per heavy atom. The van der Waals surface area contributed by atoms with Gasteiger partial charge in [0.2, 0.25) is 0 Å². The zero-order valence-electron chi connectivity index (χ0n) is 8.86. The number of nitrogens with two attached hydrogens (primary N) is 1. The Kier molecular flexibility index (Phi) is 2.26. The fraction of sp³-hybridized carbons (Fsp3) is 0.556. The lowest BCUT2D eigenvalue weighted by atomic mass is 10.1. The SMILES string of the molecule is COC(=O)N1CCc2c(c(N)nn2C)C1. The van der Waals surface area contributed by atoms with Crippen LogP contribution >= 0.6 is 0 Å². The molecule has 1 aliphatic rings. The van der Waals surface area contributed by atoms with Crippen LogP contribution in [0, 0.1) is 0 Å². The van der Waals surface area contributed by atoms with Gasteiger partial charge in [-0.25, -0.2) is 4.79 Å². The molecule has 0 spiro atoms. The number of aromatic nitrogens is 2. The van der Waals surface area contributed by atoms with Crippen LogP contribution in [0.25, 0.3) is 0 Å². The Bertz CT molecular complexity index is 399. The molecule has 0 unspecified atom stereocenters. The van der Waals surface area contributed by atoms with Crippen molar-refractivity contribution in [1.29, 1.82) is 0 Å². The highest BCUT2D eigenvalue weighted by Crippen LogP contribution is 2.23. The number of carbonyl (C=O) groups excluding carboxylic acids is 1. The van der Waals surface area contributed by atoms with Crippen LogP contribution < -0.4 is 5.73 Å². The van der Waals surface area contributed by atoms with Crippen LogP contribution in [-0.2, 0) is 24.8 Å². The molecule has 6 nitrogen and oxygen atoms in total. The fourth-order valence-electron chi connectivity index (χ4n) is 1.91. The van der Waals surface area contributed by atoms with Crippen LogP contribution in [-0.4, -0.2) is 34.4 Å². The van der Waals surface area contributed by atoms with Crippen LogP contribution in [0.3, 0.4) is 0 Å². The van der Waals surface area contributed by atoms with Crippen molar-refractivity contribution in [3.63, 3.8) is 0 Å². The molecule has 0 aliphatic carbocycles. The third-order valence-electron chi connectivity index (χ3n) is 2.71.